The summed E-state index contributed by atoms with van der Waals surface area (Å²) in [6.07, 6.45) is 3.45. The molecule has 1 N–H and O–H groups in total. The molecule has 0 radical (unpaired) electrons. The highest BCUT2D eigenvalue weighted by Crippen LogP contribution is 2.29. The third-order valence-corrected chi connectivity index (χ3v) is 5.07. The number of hydrogen-bond donors (Lipinski definition) is 1. The number of carbonyl (C=O) groups is 2. The molecule has 8 heteroatoms. The van der Waals surface area contributed by atoms with E-state index in [0.29, 0.717) is 34.0 Å². The molecule has 8 nitrogen and oxygen atoms in total. The lowest BCUT2D eigenvalue weighted by Crippen LogP contribution is -2.21. The number of benzene rings is 2. The van der Waals surface area contributed by atoms with Gasteiger partial charge in [0.15, 0.2) is 0 Å². The summed E-state index contributed by atoms with van der Waals surface area (Å²) in [4.78, 5) is 24.1. The lowest BCUT2D eigenvalue weighted by Gasteiger charge is -2.11. The first kappa shape index (κ1) is 21.0. The van der Waals surface area contributed by atoms with Crippen molar-refractivity contribution in [3.05, 3.63) is 71.9 Å². The topological polar surface area (TPSA) is 97.0 Å². The molecule has 0 aliphatic carbocycles. The summed E-state index contributed by atoms with van der Waals surface area (Å²) in [5, 5.41) is 19.4. The van der Waals surface area contributed by atoms with Crippen molar-refractivity contribution in [2.24, 2.45) is 5.10 Å². The number of aryl methyl sites for hydroxylation is 1. The van der Waals surface area contributed by atoms with Gasteiger partial charge in [-0.15, -0.1) is 0 Å². The minimum absolute atomic E-state index is 0.0546. The monoisotopic (exact) mass is 430 g/mol. The van der Waals surface area contributed by atoms with Crippen LogP contribution in [0.5, 0.6) is 5.75 Å². The summed E-state index contributed by atoms with van der Waals surface area (Å²) in [5.74, 6) is -0.419. The van der Waals surface area contributed by atoms with E-state index in [0.717, 1.165) is 5.56 Å². The number of hydrazone groups is 1. The van der Waals surface area contributed by atoms with Gasteiger partial charge in [0.05, 0.1) is 42.7 Å². The predicted molar refractivity (Wildman–Crippen MR) is 121 cm³/mol. The van der Waals surface area contributed by atoms with Crippen LogP contribution in [-0.2, 0) is 16.1 Å². The average molecular weight is 430 g/mol. The summed E-state index contributed by atoms with van der Waals surface area (Å²) < 4.78 is 6.81. The van der Waals surface area contributed by atoms with E-state index in [1.165, 1.54) is 5.01 Å². The highest BCUT2D eigenvalue weighted by atomic mass is 16.5. The van der Waals surface area contributed by atoms with Gasteiger partial charge in [0.25, 0.3) is 5.91 Å². The molecule has 32 heavy (non-hydrogen) atoms. The highest BCUT2D eigenvalue weighted by molar-refractivity contribution is 6.32. The van der Waals surface area contributed by atoms with Crippen molar-refractivity contribution in [3.63, 3.8) is 0 Å². The Morgan fingerprint density at radius 1 is 1.12 bits per heavy atom. The van der Waals surface area contributed by atoms with Gasteiger partial charge in [-0.2, -0.15) is 15.2 Å². The second-order valence-electron chi connectivity index (χ2n) is 7.26. The maximum Gasteiger partial charge on any atom is 0.305 e. The number of carbonyl (C=O) groups excluding carboxylic acids is 1. The molecule has 1 aliphatic rings. The lowest BCUT2D eigenvalue weighted by atomic mass is 10.0. The Morgan fingerprint density at radius 2 is 1.84 bits per heavy atom. The van der Waals surface area contributed by atoms with Crippen molar-refractivity contribution in [1.29, 1.82) is 0 Å². The third-order valence-electron chi connectivity index (χ3n) is 5.07. The van der Waals surface area contributed by atoms with Gasteiger partial charge in [0, 0.05) is 17.3 Å². The van der Waals surface area contributed by atoms with Crippen LogP contribution in [0.4, 0.5) is 5.69 Å². The molecule has 2 aromatic carbocycles. The fourth-order valence-corrected chi connectivity index (χ4v) is 3.42. The molecule has 0 atom stereocenters. The summed E-state index contributed by atoms with van der Waals surface area (Å²) >= 11 is 0. The van der Waals surface area contributed by atoms with Crippen LogP contribution in [0.25, 0.3) is 17.3 Å². The normalized spacial score (nSPS) is 14.7. The first-order valence-electron chi connectivity index (χ1n) is 10.1. The predicted octanol–water partition coefficient (Wildman–Crippen LogP) is 3.84. The summed E-state index contributed by atoms with van der Waals surface area (Å²) in [5.41, 5.74) is 3.91. The lowest BCUT2D eigenvalue weighted by molar-refractivity contribution is -0.137. The van der Waals surface area contributed by atoms with Crippen molar-refractivity contribution < 1.29 is 19.4 Å². The molecule has 162 valence electrons. The van der Waals surface area contributed by atoms with Crippen molar-refractivity contribution in [3.8, 4) is 17.0 Å². The van der Waals surface area contributed by atoms with Gasteiger partial charge < -0.3 is 9.84 Å². The second kappa shape index (κ2) is 8.89. The third kappa shape index (κ3) is 4.29. The van der Waals surface area contributed by atoms with Crippen LogP contribution < -0.4 is 9.75 Å². The Kier molecular flexibility index (Phi) is 5.85. The van der Waals surface area contributed by atoms with Crippen LogP contribution in [-0.4, -0.2) is 39.6 Å². The van der Waals surface area contributed by atoms with Crippen LogP contribution in [0.2, 0.25) is 0 Å². The van der Waals surface area contributed by atoms with E-state index >= 15 is 0 Å². The highest BCUT2D eigenvalue weighted by Gasteiger charge is 2.29. The Morgan fingerprint density at radius 3 is 2.50 bits per heavy atom. The second-order valence-corrected chi connectivity index (χ2v) is 7.26. The number of aromatic nitrogens is 2. The molecule has 2 heterocycles. The van der Waals surface area contributed by atoms with Gasteiger partial charge in [-0.3, -0.25) is 14.3 Å². The number of anilines is 1. The Bertz CT molecular complexity index is 1210. The van der Waals surface area contributed by atoms with E-state index in [1.54, 1.807) is 31.0 Å². The fourth-order valence-electron chi connectivity index (χ4n) is 3.42. The van der Waals surface area contributed by atoms with E-state index < -0.39 is 5.97 Å². The first-order chi connectivity index (χ1) is 15.5. The van der Waals surface area contributed by atoms with E-state index in [9.17, 15) is 9.59 Å². The first-order valence-corrected chi connectivity index (χ1v) is 10.1. The van der Waals surface area contributed by atoms with Gasteiger partial charge >= 0.3 is 5.97 Å². The number of ether oxygens (including phenoxy) is 1. The summed E-state index contributed by atoms with van der Waals surface area (Å²) in [6, 6.07) is 16.6. The number of rotatable bonds is 7. The SMILES string of the molecule is COc1ccc(-c2nn(CCC(=O)O)cc2/C=C2\C(=O)N(c3ccccc3)N=C2C)cc1. The molecule has 0 spiro atoms. The van der Waals surface area contributed by atoms with Crippen molar-refractivity contribution in [1.82, 2.24) is 9.78 Å². The van der Waals surface area contributed by atoms with Crippen molar-refractivity contribution >= 4 is 29.4 Å². The molecule has 0 fully saturated rings. The quantitative estimate of drug-likeness (QED) is 0.575. The fraction of sp³-hybridized carbons (Fsp3) is 0.167. The summed E-state index contributed by atoms with van der Waals surface area (Å²) in [7, 11) is 1.60. The maximum atomic E-state index is 13.1. The van der Waals surface area contributed by atoms with Gasteiger partial charge in [-0.05, 0) is 49.4 Å². The van der Waals surface area contributed by atoms with Crippen molar-refractivity contribution in [2.75, 3.05) is 12.1 Å². The van der Waals surface area contributed by atoms with Crippen LogP contribution in [0.15, 0.2) is 71.5 Å². The molecule has 4 rings (SSSR count). The molecule has 0 saturated carbocycles. The zero-order chi connectivity index (χ0) is 22.7. The summed E-state index contributed by atoms with van der Waals surface area (Å²) in [6.45, 7) is 2.01. The number of para-hydroxylation sites is 1. The van der Waals surface area contributed by atoms with E-state index in [2.05, 4.69) is 10.2 Å². The van der Waals surface area contributed by atoms with Gasteiger partial charge in [0.2, 0.25) is 0 Å². The minimum Gasteiger partial charge on any atom is -0.497 e. The Balaban J connectivity index is 1.73. The van der Waals surface area contributed by atoms with Gasteiger partial charge in [-0.25, -0.2) is 0 Å². The standard InChI is InChI=1S/C24H22N4O4/c1-16-21(24(31)28(25-16)19-6-4-3-5-7-19)14-18-15-27(13-12-22(29)30)26-23(18)17-8-10-20(32-2)11-9-17/h3-11,14-15H,12-13H2,1-2H3,(H,29,30)/b21-14-. The molecular weight excluding hydrogens is 408 g/mol. The maximum absolute atomic E-state index is 13.1. The average Bonchev–Trinajstić information content (AvgIpc) is 3.34. The zero-order valence-electron chi connectivity index (χ0n) is 17.7. The van der Waals surface area contributed by atoms with Crippen LogP contribution in [0.1, 0.15) is 18.9 Å². The van der Waals surface area contributed by atoms with Gasteiger partial charge in [-0.1, -0.05) is 18.2 Å². The van der Waals surface area contributed by atoms with E-state index in [-0.39, 0.29) is 18.9 Å². The molecule has 1 aromatic heterocycles. The molecule has 3 aromatic rings. The van der Waals surface area contributed by atoms with E-state index in [4.69, 9.17) is 9.84 Å². The van der Waals surface area contributed by atoms with Gasteiger partial charge in [0.1, 0.15) is 5.75 Å². The smallest absolute Gasteiger partial charge is 0.305 e. The number of nitrogens with zero attached hydrogens (tertiary/aromatic N) is 4. The molecule has 0 bridgehead atoms. The Hall–Kier alpha value is -4.20. The van der Waals surface area contributed by atoms with Crippen LogP contribution in [0.3, 0.4) is 0 Å². The molecule has 0 saturated heterocycles. The Labute approximate surface area is 185 Å². The van der Waals surface area contributed by atoms with Crippen LogP contribution >= 0.6 is 0 Å². The molecular formula is C24H22N4O4. The zero-order valence-corrected chi connectivity index (χ0v) is 17.7. The van der Waals surface area contributed by atoms with Crippen molar-refractivity contribution in [2.45, 2.75) is 19.9 Å². The number of hydrogen-bond acceptors (Lipinski definition) is 5. The number of carboxylic acid groups (broad SMARTS) is 1. The molecule has 1 amide bonds. The number of amides is 1. The molecule has 0 unspecified atom stereocenters. The number of carboxylic acids is 1. The van der Waals surface area contributed by atoms with E-state index in [1.807, 2.05) is 54.6 Å². The van der Waals surface area contributed by atoms with Crippen LogP contribution in [0, 0.1) is 0 Å². The minimum atomic E-state index is -0.904. The molecule has 1 aliphatic heterocycles. The number of aliphatic carboxylic acids is 1. The largest absolute Gasteiger partial charge is 0.497 e. The number of methoxy groups -OCH3 is 1.